The van der Waals surface area contributed by atoms with Crippen LogP contribution in [-0.2, 0) is 29.2 Å². The molecule has 0 unspecified atom stereocenters. The smallest absolute Gasteiger partial charge is 0.226 e. The highest BCUT2D eigenvalue weighted by Crippen LogP contribution is 2.13. The molecule has 0 atom stereocenters. The van der Waals surface area contributed by atoms with Crippen molar-refractivity contribution < 1.29 is 9.53 Å². The monoisotopic (exact) mass is 437 g/mol. The van der Waals surface area contributed by atoms with Gasteiger partial charge >= 0.3 is 0 Å². The van der Waals surface area contributed by atoms with E-state index in [4.69, 9.17) is 4.74 Å². The lowest BCUT2D eigenvalue weighted by Crippen LogP contribution is -2.37. The highest BCUT2D eigenvalue weighted by Gasteiger charge is 2.13. The molecule has 3 rings (SSSR count). The summed E-state index contributed by atoms with van der Waals surface area (Å²) in [7, 11) is 1.78. The molecule has 1 aliphatic heterocycles. The van der Waals surface area contributed by atoms with Gasteiger partial charge in [0.05, 0.1) is 13.2 Å². The largest absolute Gasteiger partial charge is 0.379 e. The van der Waals surface area contributed by atoms with Gasteiger partial charge in [0.1, 0.15) is 0 Å². The molecule has 7 nitrogen and oxygen atoms in total. The zero-order chi connectivity index (χ0) is 22.8. The van der Waals surface area contributed by atoms with Gasteiger partial charge in [0.15, 0.2) is 5.96 Å². The second kappa shape index (κ2) is 12.2. The van der Waals surface area contributed by atoms with Gasteiger partial charge < -0.3 is 20.7 Å². The number of guanidine groups is 1. The molecule has 1 saturated heterocycles. The number of amides is 1. The summed E-state index contributed by atoms with van der Waals surface area (Å²) in [5.41, 5.74) is 4.53. The molecule has 1 fully saturated rings. The summed E-state index contributed by atoms with van der Waals surface area (Å²) in [4.78, 5) is 18.6. The number of morpholine rings is 1. The van der Waals surface area contributed by atoms with Crippen molar-refractivity contribution in [2.45, 2.75) is 33.5 Å². The van der Waals surface area contributed by atoms with Crippen LogP contribution in [0.3, 0.4) is 0 Å². The van der Waals surface area contributed by atoms with Crippen LogP contribution in [0.2, 0.25) is 0 Å². The molecule has 172 valence electrons. The van der Waals surface area contributed by atoms with E-state index in [2.05, 4.69) is 50.1 Å². The fraction of sp³-hybridized carbons (Fsp3) is 0.440. The van der Waals surface area contributed by atoms with E-state index in [1.165, 1.54) is 11.1 Å². The number of hydrogen-bond donors (Lipinski definition) is 3. The Hall–Kier alpha value is -2.90. The van der Waals surface area contributed by atoms with Crippen LogP contribution < -0.4 is 16.0 Å². The maximum atomic E-state index is 11.8. The van der Waals surface area contributed by atoms with Crippen molar-refractivity contribution in [2.24, 2.45) is 10.9 Å². The standard InChI is InChI=1S/C25H35N5O2/c1-19(2)24(31)29-23-10-8-20(9-11-23)16-27-25(26-3)28-17-21-6-4-5-7-22(21)18-30-12-14-32-15-13-30/h4-11,19H,12-18H2,1-3H3,(H,29,31)(H2,26,27,28). The lowest BCUT2D eigenvalue weighted by atomic mass is 10.1. The van der Waals surface area contributed by atoms with Crippen LogP contribution in [-0.4, -0.2) is 50.1 Å². The number of anilines is 1. The average Bonchev–Trinajstić information content (AvgIpc) is 2.81. The number of hydrogen-bond acceptors (Lipinski definition) is 4. The molecule has 0 saturated carbocycles. The number of benzene rings is 2. The van der Waals surface area contributed by atoms with E-state index >= 15 is 0 Å². The van der Waals surface area contributed by atoms with Gasteiger partial charge in [-0.3, -0.25) is 14.7 Å². The van der Waals surface area contributed by atoms with Crippen LogP contribution in [0.5, 0.6) is 0 Å². The van der Waals surface area contributed by atoms with Gasteiger partial charge in [-0.2, -0.15) is 0 Å². The molecule has 1 aliphatic rings. The van der Waals surface area contributed by atoms with Crippen LogP contribution in [0.25, 0.3) is 0 Å². The highest BCUT2D eigenvalue weighted by atomic mass is 16.5. The van der Waals surface area contributed by atoms with Crippen LogP contribution in [0.1, 0.15) is 30.5 Å². The van der Waals surface area contributed by atoms with Crippen molar-refractivity contribution in [1.82, 2.24) is 15.5 Å². The van der Waals surface area contributed by atoms with Crippen molar-refractivity contribution in [3.8, 4) is 0 Å². The van der Waals surface area contributed by atoms with E-state index in [-0.39, 0.29) is 11.8 Å². The van der Waals surface area contributed by atoms with E-state index in [0.29, 0.717) is 13.1 Å². The van der Waals surface area contributed by atoms with Crippen LogP contribution >= 0.6 is 0 Å². The first-order chi connectivity index (χ1) is 15.5. The second-order valence-corrected chi connectivity index (χ2v) is 8.28. The van der Waals surface area contributed by atoms with Gasteiger partial charge in [-0.25, -0.2) is 0 Å². The highest BCUT2D eigenvalue weighted by molar-refractivity contribution is 5.92. The Bertz CT molecular complexity index is 889. The van der Waals surface area contributed by atoms with E-state index in [9.17, 15) is 4.79 Å². The summed E-state index contributed by atoms with van der Waals surface area (Å²) >= 11 is 0. The van der Waals surface area contributed by atoms with Gasteiger partial charge in [-0.15, -0.1) is 0 Å². The lowest BCUT2D eigenvalue weighted by Gasteiger charge is -2.27. The van der Waals surface area contributed by atoms with Gasteiger partial charge in [-0.05, 0) is 28.8 Å². The first-order valence-electron chi connectivity index (χ1n) is 11.3. The first kappa shape index (κ1) is 23.8. The summed E-state index contributed by atoms with van der Waals surface area (Å²) in [6.07, 6.45) is 0. The van der Waals surface area contributed by atoms with Crippen molar-refractivity contribution in [1.29, 1.82) is 0 Å². The quantitative estimate of drug-likeness (QED) is 0.437. The fourth-order valence-electron chi connectivity index (χ4n) is 3.46. The summed E-state index contributed by atoms with van der Waals surface area (Å²) in [6.45, 7) is 9.63. The Labute approximate surface area is 191 Å². The lowest BCUT2D eigenvalue weighted by molar-refractivity contribution is -0.118. The zero-order valence-corrected chi connectivity index (χ0v) is 19.4. The van der Waals surface area contributed by atoms with Crippen LogP contribution in [0, 0.1) is 5.92 Å². The second-order valence-electron chi connectivity index (χ2n) is 8.28. The molecular weight excluding hydrogens is 402 g/mol. The molecule has 0 aromatic heterocycles. The van der Waals surface area contributed by atoms with Gasteiger partial charge in [-0.1, -0.05) is 50.2 Å². The molecule has 0 spiro atoms. The molecule has 7 heteroatoms. The third-order valence-corrected chi connectivity index (χ3v) is 5.49. The molecule has 1 heterocycles. The predicted octanol–water partition coefficient (Wildman–Crippen LogP) is 2.98. The van der Waals surface area contributed by atoms with Crippen molar-refractivity contribution >= 4 is 17.6 Å². The fourth-order valence-corrected chi connectivity index (χ4v) is 3.46. The summed E-state index contributed by atoms with van der Waals surface area (Å²) < 4.78 is 5.46. The van der Waals surface area contributed by atoms with Crippen molar-refractivity contribution in [3.63, 3.8) is 0 Å². The summed E-state index contributed by atoms with van der Waals surface area (Å²) in [5.74, 6) is 0.738. The SMILES string of the molecule is CN=C(NCc1ccc(NC(=O)C(C)C)cc1)NCc1ccccc1CN1CCOCC1. The molecular formula is C25H35N5O2. The number of aliphatic imine (C=N–C) groups is 1. The van der Waals surface area contributed by atoms with Gasteiger partial charge in [0.2, 0.25) is 5.91 Å². The number of ether oxygens (including phenoxy) is 1. The first-order valence-corrected chi connectivity index (χ1v) is 11.3. The normalized spacial score (nSPS) is 14.9. The number of rotatable bonds is 8. The molecule has 2 aromatic rings. The van der Waals surface area contributed by atoms with E-state index in [0.717, 1.165) is 50.1 Å². The molecule has 3 N–H and O–H groups in total. The van der Waals surface area contributed by atoms with Gasteiger partial charge in [0, 0.05) is 51.4 Å². The molecule has 1 amide bonds. The van der Waals surface area contributed by atoms with Crippen molar-refractivity contribution in [3.05, 3.63) is 65.2 Å². The molecule has 0 radical (unpaired) electrons. The summed E-state index contributed by atoms with van der Waals surface area (Å²) in [5, 5.41) is 9.69. The maximum absolute atomic E-state index is 11.8. The Kier molecular flexibility index (Phi) is 9.07. The minimum Gasteiger partial charge on any atom is -0.379 e. The van der Waals surface area contributed by atoms with Crippen molar-refractivity contribution in [2.75, 3.05) is 38.7 Å². The van der Waals surface area contributed by atoms with Crippen LogP contribution in [0.4, 0.5) is 5.69 Å². The molecule has 0 aliphatic carbocycles. The molecule has 32 heavy (non-hydrogen) atoms. The molecule has 2 aromatic carbocycles. The molecule has 0 bridgehead atoms. The Morgan fingerprint density at radius 2 is 1.66 bits per heavy atom. The zero-order valence-electron chi connectivity index (χ0n) is 19.4. The Morgan fingerprint density at radius 3 is 2.31 bits per heavy atom. The number of nitrogens with zero attached hydrogens (tertiary/aromatic N) is 2. The number of carbonyl (C=O) groups excluding carboxylic acids is 1. The van der Waals surface area contributed by atoms with E-state index in [1.807, 2.05) is 38.1 Å². The Balaban J connectivity index is 1.50. The summed E-state index contributed by atoms with van der Waals surface area (Å²) in [6, 6.07) is 16.4. The average molecular weight is 438 g/mol. The topological polar surface area (TPSA) is 78.0 Å². The predicted molar refractivity (Wildman–Crippen MR) is 129 cm³/mol. The maximum Gasteiger partial charge on any atom is 0.226 e. The van der Waals surface area contributed by atoms with Gasteiger partial charge in [0.25, 0.3) is 0 Å². The minimum atomic E-state index is -0.0373. The number of nitrogens with one attached hydrogen (secondary N) is 3. The van der Waals surface area contributed by atoms with Crippen LogP contribution in [0.15, 0.2) is 53.5 Å². The van der Waals surface area contributed by atoms with E-state index < -0.39 is 0 Å². The number of carbonyl (C=O) groups is 1. The third-order valence-electron chi connectivity index (χ3n) is 5.49. The minimum absolute atomic E-state index is 0.0226. The third kappa shape index (κ3) is 7.35. The van der Waals surface area contributed by atoms with E-state index in [1.54, 1.807) is 7.05 Å². The Morgan fingerprint density at radius 1 is 1.00 bits per heavy atom.